The second-order valence-corrected chi connectivity index (χ2v) is 7.86. The fourth-order valence-corrected chi connectivity index (χ4v) is 4.20. The van der Waals surface area contributed by atoms with E-state index in [1.807, 2.05) is 18.2 Å². The van der Waals surface area contributed by atoms with Crippen LogP contribution < -0.4 is 4.90 Å². The van der Waals surface area contributed by atoms with Gasteiger partial charge in [-0.2, -0.15) is 5.10 Å². The van der Waals surface area contributed by atoms with Crippen molar-refractivity contribution in [1.82, 2.24) is 10.2 Å². The lowest BCUT2D eigenvalue weighted by atomic mass is 9.92. The monoisotopic (exact) mass is 402 g/mol. The summed E-state index contributed by atoms with van der Waals surface area (Å²) in [4.78, 5) is 7.34. The number of aliphatic imine (C=N–C) groups is 1. The molecule has 1 aromatic heterocycles. The number of hydrogen-bond donors (Lipinski definition) is 2. The molecule has 2 N–H and O–H groups in total. The summed E-state index contributed by atoms with van der Waals surface area (Å²) in [7, 11) is 0. The van der Waals surface area contributed by atoms with Gasteiger partial charge < -0.3 is 14.7 Å². The Balaban J connectivity index is 1.57. The molecule has 6 heteroatoms. The van der Waals surface area contributed by atoms with Crippen molar-refractivity contribution in [3.05, 3.63) is 59.7 Å². The fourth-order valence-electron chi connectivity index (χ4n) is 4.20. The van der Waals surface area contributed by atoms with Crippen molar-refractivity contribution in [3.63, 3.8) is 0 Å². The number of phenolic OH excluding ortho intramolecular Hbond substituents is 1. The average molecular weight is 402 g/mol. The Morgan fingerprint density at radius 3 is 2.67 bits per heavy atom. The van der Waals surface area contributed by atoms with Gasteiger partial charge in [-0.15, -0.1) is 0 Å². The molecule has 0 saturated carbocycles. The van der Waals surface area contributed by atoms with E-state index in [1.165, 1.54) is 18.4 Å². The molecule has 5 rings (SSSR count). The average Bonchev–Trinajstić information content (AvgIpc) is 3.23. The molecule has 2 aliphatic rings. The first-order valence-corrected chi connectivity index (χ1v) is 10.7. The summed E-state index contributed by atoms with van der Waals surface area (Å²) in [5, 5.41) is 18.5. The van der Waals surface area contributed by atoms with E-state index < -0.39 is 0 Å². The van der Waals surface area contributed by atoms with Crippen molar-refractivity contribution in [1.29, 1.82) is 0 Å². The van der Waals surface area contributed by atoms with E-state index in [0.717, 1.165) is 72.8 Å². The van der Waals surface area contributed by atoms with Gasteiger partial charge in [0.15, 0.2) is 5.82 Å². The number of anilines is 1. The summed E-state index contributed by atoms with van der Waals surface area (Å²) in [5.74, 6) is 1.24. The Morgan fingerprint density at radius 2 is 1.90 bits per heavy atom. The maximum atomic E-state index is 9.71. The highest BCUT2D eigenvalue weighted by molar-refractivity contribution is 6.14. The van der Waals surface area contributed by atoms with Gasteiger partial charge in [-0.25, -0.2) is 4.99 Å². The smallest absolute Gasteiger partial charge is 0.158 e. The number of nitrogens with one attached hydrogen (secondary N) is 1. The number of phenols is 1. The first-order valence-electron chi connectivity index (χ1n) is 10.7. The lowest BCUT2D eigenvalue weighted by Crippen LogP contribution is -2.36. The quantitative estimate of drug-likeness (QED) is 0.619. The number of H-pyrrole nitrogens is 1. The van der Waals surface area contributed by atoms with Gasteiger partial charge in [0.1, 0.15) is 5.75 Å². The Hall–Kier alpha value is -3.12. The van der Waals surface area contributed by atoms with E-state index in [0.29, 0.717) is 0 Å². The largest absolute Gasteiger partial charge is 0.508 e. The first kappa shape index (κ1) is 18.9. The maximum absolute atomic E-state index is 9.71. The number of fused-ring (bicyclic) bond motifs is 1. The van der Waals surface area contributed by atoms with Crippen LogP contribution >= 0.6 is 0 Å². The number of morpholine rings is 1. The summed E-state index contributed by atoms with van der Waals surface area (Å²) in [6.45, 7) is 3.15. The number of aromatic amines is 1. The van der Waals surface area contributed by atoms with E-state index in [2.05, 4.69) is 33.3 Å². The van der Waals surface area contributed by atoms with Crippen LogP contribution in [0.25, 0.3) is 10.9 Å². The SMILES string of the molecule is Oc1ccc(/C(=N/c2ccc3[nH]nc(N4CCOCC4)c3c2)C2=CCCCC2)cc1. The molecule has 3 aromatic rings. The number of nitrogens with zero attached hydrogens (tertiary/aromatic N) is 3. The number of aromatic hydroxyl groups is 1. The topological polar surface area (TPSA) is 73.7 Å². The number of allylic oxidation sites excluding steroid dienone is 2. The Kier molecular flexibility index (Phi) is 5.24. The molecule has 30 heavy (non-hydrogen) atoms. The van der Waals surface area contributed by atoms with E-state index in [1.54, 1.807) is 12.1 Å². The van der Waals surface area contributed by atoms with Crippen molar-refractivity contribution < 1.29 is 9.84 Å². The molecule has 0 bridgehead atoms. The molecule has 0 atom stereocenters. The van der Waals surface area contributed by atoms with E-state index in [9.17, 15) is 5.11 Å². The van der Waals surface area contributed by atoms with Crippen LogP contribution in [0.4, 0.5) is 11.5 Å². The van der Waals surface area contributed by atoms with Gasteiger partial charge in [0.05, 0.1) is 30.1 Å². The minimum Gasteiger partial charge on any atom is -0.508 e. The van der Waals surface area contributed by atoms with Crippen molar-refractivity contribution in [2.75, 3.05) is 31.2 Å². The van der Waals surface area contributed by atoms with Crippen LogP contribution in [-0.4, -0.2) is 47.3 Å². The lowest BCUT2D eigenvalue weighted by molar-refractivity contribution is 0.122. The molecule has 6 nitrogen and oxygen atoms in total. The maximum Gasteiger partial charge on any atom is 0.158 e. The van der Waals surface area contributed by atoms with E-state index >= 15 is 0 Å². The van der Waals surface area contributed by atoms with Crippen molar-refractivity contribution >= 4 is 28.1 Å². The summed E-state index contributed by atoms with van der Waals surface area (Å²) in [6, 6.07) is 13.5. The van der Waals surface area contributed by atoms with Crippen LogP contribution in [0, 0.1) is 0 Å². The summed E-state index contributed by atoms with van der Waals surface area (Å²) in [6.07, 6.45) is 6.85. The normalized spacial score (nSPS) is 17.9. The molecule has 0 radical (unpaired) electrons. The highest BCUT2D eigenvalue weighted by atomic mass is 16.5. The Morgan fingerprint density at radius 1 is 1.07 bits per heavy atom. The third-order valence-corrected chi connectivity index (χ3v) is 5.81. The molecule has 1 saturated heterocycles. The van der Waals surface area contributed by atoms with Gasteiger partial charge in [-0.1, -0.05) is 6.08 Å². The molecular formula is C24H26N4O2. The second-order valence-electron chi connectivity index (χ2n) is 7.86. The van der Waals surface area contributed by atoms with Gasteiger partial charge in [0.2, 0.25) is 0 Å². The standard InChI is InChI=1S/C24H26N4O2/c29-20-9-6-18(7-10-20)23(17-4-2-1-3-5-17)25-19-8-11-22-21(16-19)24(27-26-22)28-12-14-30-15-13-28/h4,6-11,16,29H,1-3,5,12-15H2,(H,26,27)/b25-23+. The zero-order valence-corrected chi connectivity index (χ0v) is 17.0. The van der Waals surface area contributed by atoms with E-state index in [-0.39, 0.29) is 5.75 Å². The molecular weight excluding hydrogens is 376 g/mol. The number of ether oxygens (including phenoxy) is 1. The Labute approximate surface area is 175 Å². The molecule has 0 unspecified atom stereocenters. The van der Waals surface area contributed by atoms with Crippen molar-refractivity contribution in [3.8, 4) is 5.75 Å². The zero-order chi connectivity index (χ0) is 20.3. The summed E-state index contributed by atoms with van der Waals surface area (Å²) < 4.78 is 5.49. The van der Waals surface area contributed by atoms with Crippen LogP contribution in [0.15, 0.2) is 59.1 Å². The van der Waals surface area contributed by atoms with E-state index in [4.69, 9.17) is 9.73 Å². The molecule has 0 spiro atoms. The van der Waals surface area contributed by atoms with Crippen LogP contribution in [0.2, 0.25) is 0 Å². The summed E-state index contributed by atoms with van der Waals surface area (Å²) >= 11 is 0. The molecule has 1 aliphatic carbocycles. The van der Waals surface area contributed by atoms with Crippen molar-refractivity contribution in [2.24, 2.45) is 4.99 Å². The number of rotatable bonds is 4. The third kappa shape index (κ3) is 3.83. The van der Waals surface area contributed by atoms with Crippen LogP contribution in [0.3, 0.4) is 0 Å². The number of benzene rings is 2. The minimum absolute atomic E-state index is 0.269. The van der Waals surface area contributed by atoms with Gasteiger partial charge in [-0.05, 0) is 73.7 Å². The van der Waals surface area contributed by atoms with Gasteiger partial charge in [0, 0.05) is 24.0 Å². The number of aromatic nitrogens is 2. The predicted octanol–water partition coefficient (Wildman–Crippen LogP) is 4.73. The van der Waals surface area contributed by atoms with Crippen LogP contribution in [0.1, 0.15) is 31.2 Å². The third-order valence-electron chi connectivity index (χ3n) is 5.81. The van der Waals surface area contributed by atoms with Gasteiger partial charge in [-0.3, -0.25) is 5.10 Å². The highest BCUT2D eigenvalue weighted by Gasteiger charge is 2.18. The predicted molar refractivity (Wildman–Crippen MR) is 120 cm³/mol. The molecule has 154 valence electrons. The lowest BCUT2D eigenvalue weighted by Gasteiger charge is -2.26. The van der Waals surface area contributed by atoms with Crippen LogP contribution in [0.5, 0.6) is 5.75 Å². The molecule has 0 amide bonds. The molecule has 2 heterocycles. The molecule has 1 fully saturated rings. The summed E-state index contributed by atoms with van der Waals surface area (Å²) in [5.41, 5.74) is 5.23. The first-order chi connectivity index (χ1) is 14.8. The van der Waals surface area contributed by atoms with Gasteiger partial charge >= 0.3 is 0 Å². The molecule has 2 aromatic carbocycles. The second kappa shape index (κ2) is 8.32. The fraction of sp³-hybridized carbons (Fsp3) is 0.333. The van der Waals surface area contributed by atoms with Crippen molar-refractivity contribution in [2.45, 2.75) is 25.7 Å². The molecule has 1 aliphatic heterocycles. The van der Waals surface area contributed by atoms with Gasteiger partial charge in [0.25, 0.3) is 0 Å². The minimum atomic E-state index is 0.269. The highest BCUT2D eigenvalue weighted by Crippen LogP contribution is 2.31. The Bertz CT molecular complexity index is 1090. The zero-order valence-electron chi connectivity index (χ0n) is 17.0. The van der Waals surface area contributed by atoms with Crippen LogP contribution in [-0.2, 0) is 4.74 Å². The number of hydrogen-bond acceptors (Lipinski definition) is 5.